The molecule has 0 saturated heterocycles. The predicted molar refractivity (Wildman–Crippen MR) is 55.2 cm³/mol. The molecule has 6 heteroatoms. The van der Waals surface area contributed by atoms with Crippen molar-refractivity contribution in [1.82, 2.24) is 5.43 Å². The Morgan fingerprint density at radius 1 is 1.53 bits per heavy atom. The number of fused-ring (bicyclic) bond motifs is 1. The molecular weight excluding hydrogens is 218 g/mol. The van der Waals surface area contributed by atoms with Gasteiger partial charge in [0.15, 0.2) is 0 Å². The molecule has 0 saturated carbocycles. The Morgan fingerprint density at radius 3 is 2.93 bits per heavy atom. The monoisotopic (exact) mass is 225 g/mol. The van der Waals surface area contributed by atoms with Gasteiger partial charge in [-0.1, -0.05) is 23.7 Å². The quantitative estimate of drug-likeness (QED) is 0.279. The lowest BCUT2D eigenvalue weighted by Gasteiger charge is -2.06. The summed E-state index contributed by atoms with van der Waals surface area (Å²) in [6.45, 7) is 0. The largest absolute Gasteiger partial charge is 0.324 e. The molecule has 5 nitrogen and oxygen atoms in total. The van der Waals surface area contributed by atoms with E-state index in [4.69, 9.17) is 17.4 Å². The number of hydrogen-bond donors (Lipinski definition) is 3. The zero-order valence-corrected chi connectivity index (χ0v) is 8.34. The normalized spacial score (nSPS) is 18.3. The lowest BCUT2D eigenvalue weighted by atomic mass is 10.0. The molecule has 0 spiro atoms. The fourth-order valence-corrected chi connectivity index (χ4v) is 1.82. The van der Waals surface area contributed by atoms with E-state index in [0.29, 0.717) is 16.3 Å². The van der Waals surface area contributed by atoms with E-state index in [9.17, 15) is 9.59 Å². The number of nitrogens with one attached hydrogen (secondary N) is 2. The first-order chi connectivity index (χ1) is 7.15. The van der Waals surface area contributed by atoms with Crippen LogP contribution in [-0.4, -0.2) is 11.8 Å². The standard InChI is InChI=1S/C9H8ClN3O2/c10-5-3-1-2-4-6(9(15)13-11)8(14)12-7(4)5/h1-3,6H,11H2,(H,12,14)(H,13,15). The molecule has 1 aliphatic rings. The number of hydrazine groups is 1. The van der Waals surface area contributed by atoms with E-state index < -0.39 is 17.7 Å². The van der Waals surface area contributed by atoms with Crippen LogP contribution >= 0.6 is 11.6 Å². The van der Waals surface area contributed by atoms with Gasteiger partial charge in [-0.05, 0) is 11.6 Å². The molecule has 1 atom stereocenters. The molecule has 2 rings (SSSR count). The molecule has 0 radical (unpaired) electrons. The van der Waals surface area contributed by atoms with Gasteiger partial charge in [0.05, 0.1) is 10.7 Å². The van der Waals surface area contributed by atoms with Gasteiger partial charge in [0.25, 0.3) is 5.91 Å². The Balaban J connectivity index is 2.51. The molecule has 1 heterocycles. The Labute approximate surface area is 90.6 Å². The highest BCUT2D eigenvalue weighted by Crippen LogP contribution is 2.37. The van der Waals surface area contributed by atoms with Crippen LogP contribution in [-0.2, 0) is 9.59 Å². The molecule has 1 aromatic carbocycles. The van der Waals surface area contributed by atoms with E-state index in [0.717, 1.165) is 0 Å². The third-order valence-electron chi connectivity index (χ3n) is 2.27. The summed E-state index contributed by atoms with van der Waals surface area (Å²) in [7, 11) is 0. The van der Waals surface area contributed by atoms with Gasteiger partial charge < -0.3 is 5.32 Å². The summed E-state index contributed by atoms with van der Waals surface area (Å²) in [6.07, 6.45) is 0. The number of rotatable bonds is 1. The van der Waals surface area contributed by atoms with Crippen molar-refractivity contribution in [3.05, 3.63) is 28.8 Å². The average Bonchev–Trinajstić information content (AvgIpc) is 2.55. The van der Waals surface area contributed by atoms with Crippen molar-refractivity contribution in [3.8, 4) is 0 Å². The van der Waals surface area contributed by atoms with Crippen LogP contribution in [0.25, 0.3) is 0 Å². The summed E-state index contributed by atoms with van der Waals surface area (Å²) in [6, 6.07) is 4.99. The second kappa shape index (κ2) is 3.52. The number of hydrogen-bond acceptors (Lipinski definition) is 3. The van der Waals surface area contributed by atoms with Crippen molar-refractivity contribution in [2.24, 2.45) is 5.84 Å². The first-order valence-corrected chi connectivity index (χ1v) is 4.62. The van der Waals surface area contributed by atoms with Crippen molar-refractivity contribution in [2.75, 3.05) is 5.32 Å². The maximum atomic E-state index is 11.5. The zero-order chi connectivity index (χ0) is 11.0. The van der Waals surface area contributed by atoms with Crippen molar-refractivity contribution in [3.63, 3.8) is 0 Å². The number of benzene rings is 1. The van der Waals surface area contributed by atoms with E-state index in [-0.39, 0.29) is 0 Å². The van der Waals surface area contributed by atoms with Gasteiger partial charge in [0.1, 0.15) is 5.92 Å². The van der Waals surface area contributed by atoms with Crippen LogP contribution in [0.5, 0.6) is 0 Å². The van der Waals surface area contributed by atoms with E-state index in [2.05, 4.69) is 5.32 Å². The molecule has 78 valence electrons. The van der Waals surface area contributed by atoms with Crippen molar-refractivity contribution in [1.29, 1.82) is 0 Å². The SMILES string of the molecule is NNC(=O)C1C(=O)Nc2c(Cl)cccc21. The van der Waals surface area contributed by atoms with E-state index in [1.54, 1.807) is 18.2 Å². The molecule has 1 aromatic rings. The van der Waals surface area contributed by atoms with Gasteiger partial charge >= 0.3 is 0 Å². The maximum Gasteiger partial charge on any atom is 0.251 e. The molecule has 0 aromatic heterocycles. The second-order valence-corrected chi connectivity index (χ2v) is 3.54. The van der Waals surface area contributed by atoms with Gasteiger partial charge in [0.2, 0.25) is 5.91 Å². The molecule has 0 bridgehead atoms. The summed E-state index contributed by atoms with van der Waals surface area (Å²) in [5.41, 5.74) is 2.99. The second-order valence-electron chi connectivity index (χ2n) is 3.13. The van der Waals surface area contributed by atoms with Crippen LogP contribution in [0.3, 0.4) is 0 Å². The molecule has 2 amide bonds. The number of nitrogens with two attached hydrogens (primary N) is 1. The van der Waals surface area contributed by atoms with Crippen LogP contribution in [0.4, 0.5) is 5.69 Å². The fourth-order valence-electron chi connectivity index (χ4n) is 1.59. The maximum absolute atomic E-state index is 11.5. The number of halogens is 1. The van der Waals surface area contributed by atoms with Crippen molar-refractivity contribution >= 4 is 29.1 Å². The molecule has 4 N–H and O–H groups in total. The van der Waals surface area contributed by atoms with Gasteiger partial charge in [0, 0.05) is 0 Å². The first kappa shape index (κ1) is 9.95. The molecule has 0 fully saturated rings. The van der Waals surface area contributed by atoms with Gasteiger partial charge in [-0.2, -0.15) is 0 Å². The minimum absolute atomic E-state index is 0.410. The van der Waals surface area contributed by atoms with E-state index in [1.165, 1.54) is 0 Å². The Kier molecular flexibility index (Phi) is 2.34. The number of carbonyl (C=O) groups excluding carboxylic acids is 2. The topological polar surface area (TPSA) is 84.2 Å². The summed E-state index contributed by atoms with van der Waals surface area (Å²) in [4.78, 5) is 22.9. The molecule has 1 unspecified atom stereocenters. The number of amides is 2. The van der Waals surface area contributed by atoms with Crippen LogP contribution in [0.2, 0.25) is 5.02 Å². The summed E-state index contributed by atoms with van der Waals surface area (Å²) in [5, 5.41) is 2.95. The van der Waals surface area contributed by atoms with Crippen molar-refractivity contribution < 1.29 is 9.59 Å². The van der Waals surface area contributed by atoms with Gasteiger partial charge in [-0.3, -0.25) is 15.0 Å². The van der Waals surface area contributed by atoms with Crippen LogP contribution in [0.1, 0.15) is 11.5 Å². The lowest BCUT2D eigenvalue weighted by Crippen LogP contribution is -2.37. The third-order valence-corrected chi connectivity index (χ3v) is 2.59. The van der Waals surface area contributed by atoms with Gasteiger partial charge in [-0.25, -0.2) is 5.84 Å². The Morgan fingerprint density at radius 2 is 2.27 bits per heavy atom. The number of anilines is 1. The van der Waals surface area contributed by atoms with Crippen LogP contribution < -0.4 is 16.6 Å². The van der Waals surface area contributed by atoms with Crippen LogP contribution in [0.15, 0.2) is 18.2 Å². The minimum Gasteiger partial charge on any atom is -0.324 e. The van der Waals surface area contributed by atoms with Crippen molar-refractivity contribution in [2.45, 2.75) is 5.92 Å². The summed E-state index contributed by atoms with van der Waals surface area (Å²) < 4.78 is 0. The summed E-state index contributed by atoms with van der Waals surface area (Å²) >= 11 is 5.87. The number of carbonyl (C=O) groups is 2. The molecule has 15 heavy (non-hydrogen) atoms. The third kappa shape index (κ3) is 1.45. The number of para-hydroxylation sites is 1. The average molecular weight is 226 g/mol. The van der Waals surface area contributed by atoms with Gasteiger partial charge in [-0.15, -0.1) is 0 Å². The zero-order valence-electron chi connectivity index (χ0n) is 7.58. The minimum atomic E-state index is -0.913. The van der Waals surface area contributed by atoms with E-state index >= 15 is 0 Å². The van der Waals surface area contributed by atoms with Crippen LogP contribution in [0, 0.1) is 0 Å². The highest BCUT2D eigenvalue weighted by Gasteiger charge is 2.36. The summed E-state index contributed by atoms with van der Waals surface area (Å²) in [5.74, 6) is 3.12. The van der Waals surface area contributed by atoms with E-state index in [1.807, 2.05) is 5.43 Å². The fraction of sp³-hybridized carbons (Fsp3) is 0.111. The highest BCUT2D eigenvalue weighted by atomic mass is 35.5. The predicted octanol–water partition coefficient (Wildman–Crippen LogP) is 0.366. The smallest absolute Gasteiger partial charge is 0.251 e. The highest BCUT2D eigenvalue weighted by molar-refractivity contribution is 6.35. The first-order valence-electron chi connectivity index (χ1n) is 4.25. The molecular formula is C9H8ClN3O2. The molecule has 0 aliphatic carbocycles. The lowest BCUT2D eigenvalue weighted by molar-refractivity contribution is -0.128. The Hall–Kier alpha value is -1.59. The Bertz CT molecular complexity index is 447. The molecule has 1 aliphatic heterocycles.